The van der Waals surface area contributed by atoms with Gasteiger partial charge < -0.3 is 10.1 Å². The summed E-state index contributed by atoms with van der Waals surface area (Å²) < 4.78 is 5.05. The van der Waals surface area contributed by atoms with Crippen molar-refractivity contribution in [3.05, 3.63) is 35.9 Å². The van der Waals surface area contributed by atoms with Crippen LogP contribution in [0.2, 0.25) is 0 Å². The number of hydrogen-bond donors (Lipinski definition) is 1. The van der Waals surface area contributed by atoms with Crippen LogP contribution in [0.15, 0.2) is 30.3 Å². The van der Waals surface area contributed by atoms with Crippen LogP contribution in [0.5, 0.6) is 0 Å². The number of hydrogen-bond acceptors (Lipinski definition) is 4. The number of Topliss-reactive ketones (excluding diaryl/α,β-unsaturated/α-hetero) is 1. The third kappa shape index (κ3) is 3.40. The second-order valence-electron chi connectivity index (χ2n) is 4.40. The molecule has 0 saturated carbocycles. The molecule has 0 aromatic heterocycles. The highest BCUT2D eigenvalue weighted by atomic mass is 16.5. The standard InChI is InChI=1S/C14H17NO3/c16-13(11-6-2-1-3-7-11)10-18-14(17)12-8-4-5-9-15-12/h1-3,6-7,12,15H,4-5,8-10H2. The Morgan fingerprint density at radius 2 is 2.00 bits per heavy atom. The molecule has 4 nitrogen and oxygen atoms in total. The molecule has 4 heteroatoms. The van der Waals surface area contributed by atoms with Crippen LogP contribution in [-0.4, -0.2) is 30.9 Å². The van der Waals surface area contributed by atoms with E-state index < -0.39 is 0 Å². The molecule has 0 amide bonds. The Hall–Kier alpha value is -1.68. The van der Waals surface area contributed by atoms with Gasteiger partial charge in [-0.15, -0.1) is 0 Å². The smallest absolute Gasteiger partial charge is 0.323 e. The summed E-state index contributed by atoms with van der Waals surface area (Å²) in [4.78, 5) is 23.4. The highest BCUT2D eigenvalue weighted by Crippen LogP contribution is 2.08. The van der Waals surface area contributed by atoms with Gasteiger partial charge in [0.25, 0.3) is 0 Å². The largest absolute Gasteiger partial charge is 0.456 e. The molecule has 1 unspecified atom stereocenters. The van der Waals surface area contributed by atoms with Gasteiger partial charge in [0.2, 0.25) is 0 Å². The quantitative estimate of drug-likeness (QED) is 0.648. The van der Waals surface area contributed by atoms with E-state index >= 15 is 0 Å². The molecule has 1 fully saturated rings. The normalized spacial score (nSPS) is 19.2. The third-order valence-corrected chi connectivity index (χ3v) is 3.04. The summed E-state index contributed by atoms with van der Waals surface area (Å²) >= 11 is 0. The molecule has 1 aromatic rings. The monoisotopic (exact) mass is 247 g/mol. The first-order valence-electron chi connectivity index (χ1n) is 6.25. The van der Waals surface area contributed by atoms with E-state index in [1.54, 1.807) is 24.3 Å². The van der Waals surface area contributed by atoms with Gasteiger partial charge in [-0.3, -0.25) is 9.59 Å². The summed E-state index contributed by atoms with van der Waals surface area (Å²) in [5.41, 5.74) is 0.571. The van der Waals surface area contributed by atoms with Crippen LogP contribution < -0.4 is 5.32 Å². The zero-order valence-electron chi connectivity index (χ0n) is 10.2. The van der Waals surface area contributed by atoms with Gasteiger partial charge in [0.1, 0.15) is 6.04 Å². The number of benzene rings is 1. The molecule has 0 bridgehead atoms. The molecular formula is C14H17NO3. The summed E-state index contributed by atoms with van der Waals surface area (Å²) in [7, 11) is 0. The summed E-state index contributed by atoms with van der Waals surface area (Å²) in [6.45, 7) is 0.660. The lowest BCUT2D eigenvalue weighted by Crippen LogP contribution is -2.41. The average Bonchev–Trinajstić information content (AvgIpc) is 2.46. The highest BCUT2D eigenvalue weighted by molar-refractivity contribution is 5.98. The first kappa shape index (κ1) is 12.8. The van der Waals surface area contributed by atoms with Crippen molar-refractivity contribution in [1.82, 2.24) is 5.32 Å². The van der Waals surface area contributed by atoms with Crippen LogP contribution in [0.4, 0.5) is 0 Å². The minimum atomic E-state index is -0.320. The second-order valence-corrected chi connectivity index (χ2v) is 4.40. The molecule has 1 atom stereocenters. The number of ether oxygens (including phenoxy) is 1. The lowest BCUT2D eigenvalue weighted by atomic mass is 10.1. The maximum atomic E-state index is 11.7. The van der Waals surface area contributed by atoms with E-state index in [0.717, 1.165) is 25.8 Å². The minimum Gasteiger partial charge on any atom is -0.456 e. The topological polar surface area (TPSA) is 55.4 Å². The van der Waals surface area contributed by atoms with Crippen molar-refractivity contribution in [3.63, 3.8) is 0 Å². The Labute approximate surface area is 106 Å². The zero-order valence-corrected chi connectivity index (χ0v) is 10.2. The molecular weight excluding hydrogens is 230 g/mol. The van der Waals surface area contributed by atoms with E-state index in [1.165, 1.54) is 0 Å². The molecule has 1 aromatic carbocycles. The molecule has 1 aliphatic rings. The van der Waals surface area contributed by atoms with Gasteiger partial charge in [0, 0.05) is 5.56 Å². The molecule has 1 saturated heterocycles. The maximum absolute atomic E-state index is 11.7. The number of carbonyl (C=O) groups excluding carboxylic acids is 2. The number of ketones is 1. The maximum Gasteiger partial charge on any atom is 0.323 e. The average molecular weight is 247 g/mol. The summed E-state index contributed by atoms with van der Waals surface area (Å²) in [5.74, 6) is -0.487. The van der Waals surface area contributed by atoms with Crippen LogP contribution >= 0.6 is 0 Å². The fraction of sp³-hybridized carbons (Fsp3) is 0.429. The van der Waals surface area contributed by atoms with Gasteiger partial charge >= 0.3 is 5.97 Å². The molecule has 1 aliphatic heterocycles. The molecule has 18 heavy (non-hydrogen) atoms. The van der Waals surface area contributed by atoms with Crippen molar-refractivity contribution >= 4 is 11.8 Å². The van der Waals surface area contributed by atoms with Crippen molar-refractivity contribution < 1.29 is 14.3 Å². The van der Waals surface area contributed by atoms with Gasteiger partial charge in [-0.25, -0.2) is 0 Å². The van der Waals surface area contributed by atoms with E-state index in [4.69, 9.17) is 4.74 Å². The first-order valence-corrected chi connectivity index (χ1v) is 6.25. The Kier molecular flexibility index (Phi) is 4.47. The lowest BCUT2D eigenvalue weighted by molar-refractivity contribution is -0.145. The lowest BCUT2D eigenvalue weighted by Gasteiger charge is -2.21. The second kappa shape index (κ2) is 6.31. The van der Waals surface area contributed by atoms with Crippen LogP contribution in [0, 0.1) is 0 Å². The van der Waals surface area contributed by atoms with Crippen molar-refractivity contribution in [1.29, 1.82) is 0 Å². The number of piperidine rings is 1. The van der Waals surface area contributed by atoms with E-state index in [0.29, 0.717) is 5.56 Å². The van der Waals surface area contributed by atoms with Crippen molar-refractivity contribution in [2.24, 2.45) is 0 Å². The fourth-order valence-electron chi connectivity index (χ4n) is 2.00. The SMILES string of the molecule is O=C(COC(=O)C1CCCCN1)c1ccccc1. The number of carbonyl (C=O) groups is 2. The van der Waals surface area contributed by atoms with Crippen LogP contribution in [0.3, 0.4) is 0 Å². The first-order chi connectivity index (χ1) is 8.77. The van der Waals surface area contributed by atoms with Crippen molar-refractivity contribution in [2.75, 3.05) is 13.2 Å². The van der Waals surface area contributed by atoms with Gasteiger partial charge in [0.05, 0.1) is 0 Å². The summed E-state index contributed by atoms with van der Waals surface area (Å²) in [6.07, 6.45) is 2.91. The van der Waals surface area contributed by atoms with Crippen LogP contribution in [-0.2, 0) is 9.53 Å². The summed E-state index contributed by atoms with van der Waals surface area (Å²) in [5, 5.41) is 3.10. The Bertz CT molecular complexity index is 410. The number of rotatable bonds is 4. The zero-order chi connectivity index (χ0) is 12.8. The highest BCUT2D eigenvalue weighted by Gasteiger charge is 2.22. The van der Waals surface area contributed by atoms with Crippen LogP contribution in [0.1, 0.15) is 29.6 Å². The molecule has 2 rings (SSSR count). The minimum absolute atomic E-state index is 0.167. The number of esters is 1. The van der Waals surface area contributed by atoms with Gasteiger partial charge in [-0.05, 0) is 19.4 Å². The third-order valence-electron chi connectivity index (χ3n) is 3.04. The van der Waals surface area contributed by atoms with E-state index in [1.807, 2.05) is 6.07 Å². The molecule has 0 aliphatic carbocycles. The van der Waals surface area contributed by atoms with Gasteiger partial charge in [0.15, 0.2) is 12.4 Å². The Balaban J connectivity index is 1.80. The summed E-state index contributed by atoms with van der Waals surface area (Å²) in [6, 6.07) is 8.61. The van der Waals surface area contributed by atoms with E-state index in [-0.39, 0.29) is 24.4 Å². The predicted octanol–water partition coefficient (Wildman–Crippen LogP) is 1.55. The molecule has 0 spiro atoms. The molecule has 1 heterocycles. The van der Waals surface area contributed by atoms with Gasteiger partial charge in [-0.1, -0.05) is 36.8 Å². The predicted molar refractivity (Wildman–Crippen MR) is 67.4 cm³/mol. The Morgan fingerprint density at radius 3 is 2.67 bits per heavy atom. The van der Waals surface area contributed by atoms with Gasteiger partial charge in [-0.2, -0.15) is 0 Å². The number of nitrogens with one attached hydrogen (secondary N) is 1. The Morgan fingerprint density at radius 1 is 1.22 bits per heavy atom. The molecule has 96 valence electrons. The van der Waals surface area contributed by atoms with Crippen molar-refractivity contribution in [3.8, 4) is 0 Å². The van der Waals surface area contributed by atoms with E-state index in [9.17, 15) is 9.59 Å². The van der Waals surface area contributed by atoms with Crippen LogP contribution in [0.25, 0.3) is 0 Å². The van der Waals surface area contributed by atoms with E-state index in [2.05, 4.69) is 5.32 Å². The fourth-order valence-corrected chi connectivity index (χ4v) is 2.00. The van der Waals surface area contributed by atoms with Crippen molar-refractivity contribution in [2.45, 2.75) is 25.3 Å². The molecule has 1 N–H and O–H groups in total. The molecule has 0 radical (unpaired) electrons.